The first-order valence-electron chi connectivity index (χ1n) is 6.24. The third-order valence-corrected chi connectivity index (χ3v) is 3.74. The highest BCUT2D eigenvalue weighted by atomic mass is 32.1. The van der Waals surface area contributed by atoms with Crippen molar-refractivity contribution >= 4 is 22.9 Å². The van der Waals surface area contributed by atoms with Crippen LogP contribution in [0.4, 0.5) is 5.69 Å². The van der Waals surface area contributed by atoms with Crippen molar-refractivity contribution in [1.29, 1.82) is 0 Å². The van der Waals surface area contributed by atoms with Gasteiger partial charge in [0.25, 0.3) is 11.5 Å². The molecule has 0 fully saturated rings. The Morgan fingerprint density at radius 3 is 2.67 bits per heavy atom. The van der Waals surface area contributed by atoms with E-state index in [1.165, 1.54) is 17.4 Å². The van der Waals surface area contributed by atoms with E-state index in [1.54, 1.807) is 18.2 Å². The number of anilines is 1. The molecule has 0 saturated heterocycles. The van der Waals surface area contributed by atoms with Gasteiger partial charge in [-0.1, -0.05) is 24.3 Å². The highest BCUT2D eigenvalue weighted by molar-refractivity contribution is 7.12. The summed E-state index contributed by atoms with van der Waals surface area (Å²) in [7, 11) is 0. The van der Waals surface area contributed by atoms with E-state index in [2.05, 4.69) is 15.5 Å². The molecule has 0 atom stereocenters. The van der Waals surface area contributed by atoms with Gasteiger partial charge in [0.1, 0.15) is 0 Å². The van der Waals surface area contributed by atoms with Crippen LogP contribution in [0, 0.1) is 0 Å². The number of nitrogens with one attached hydrogen (secondary N) is 2. The van der Waals surface area contributed by atoms with Gasteiger partial charge in [0.2, 0.25) is 0 Å². The summed E-state index contributed by atoms with van der Waals surface area (Å²) in [6.07, 6.45) is 0. The number of para-hydroxylation sites is 1. The number of benzene rings is 1. The summed E-state index contributed by atoms with van der Waals surface area (Å²) in [4.78, 5) is 23.9. The summed E-state index contributed by atoms with van der Waals surface area (Å²) in [5.74, 6) is -0.165. The van der Waals surface area contributed by atoms with Gasteiger partial charge in [0.15, 0.2) is 0 Å². The lowest BCUT2D eigenvalue weighted by Crippen LogP contribution is -2.11. The van der Waals surface area contributed by atoms with Gasteiger partial charge in [0.05, 0.1) is 16.3 Å². The molecule has 0 aliphatic rings. The monoisotopic (exact) mass is 297 g/mol. The Morgan fingerprint density at radius 2 is 1.95 bits per heavy atom. The smallest absolute Gasteiger partial charge is 0.265 e. The van der Waals surface area contributed by atoms with E-state index < -0.39 is 0 Å². The zero-order valence-electron chi connectivity index (χ0n) is 10.9. The molecule has 0 unspecified atom stereocenters. The zero-order chi connectivity index (χ0) is 14.7. The minimum Gasteiger partial charge on any atom is -0.321 e. The SMILES string of the molecule is O=C(Nc1ccccc1-c1ccc(=O)[nH]n1)c1cccs1. The Labute approximate surface area is 124 Å². The van der Waals surface area contributed by atoms with Crippen LogP contribution in [0.2, 0.25) is 0 Å². The molecule has 1 amide bonds. The maximum absolute atomic E-state index is 12.1. The van der Waals surface area contributed by atoms with E-state index in [0.29, 0.717) is 16.3 Å². The fraction of sp³-hybridized carbons (Fsp3) is 0. The van der Waals surface area contributed by atoms with Crippen molar-refractivity contribution in [3.63, 3.8) is 0 Å². The van der Waals surface area contributed by atoms with E-state index in [4.69, 9.17) is 0 Å². The summed E-state index contributed by atoms with van der Waals surface area (Å²) >= 11 is 1.38. The summed E-state index contributed by atoms with van der Waals surface area (Å²) in [5, 5.41) is 11.1. The summed E-state index contributed by atoms with van der Waals surface area (Å²) in [6.45, 7) is 0. The van der Waals surface area contributed by atoms with Crippen molar-refractivity contribution < 1.29 is 4.79 Å². The molecule has 2 aromatic heterocycles. The van der Waals surface area contributed by atoms with Gasteiger partial charge in [-0.3, -0.25) is 9.59 Å². The second-order valence-electron chi connectivity index (χ2n) is 4.28. The third-order valence-electron chi connectivity index (χ3n) is 2.88. The molecular formula is C15H11N3O2S. The third kappa shape index (κ3) is 2.90. The van der Waals surface area contributed by atoms with Crippen molar-refractivity contribution in [3.8, 4) is 11.3 Å². The molecule has 2 N–H and O–H groups in total. The van der Waals surface area contributed by atoms with Crippen LogP contribution in [-0.2, 0) is 0 Å². The predicted molar refractivity (Wildman–Crippen MR) is 82.6 cm³/mol. The van der Waals surface area contributed by atoms with Gasteiger partial charge in [-0.05, 0) is 23.6 Å². The van der Waals surface area contributed by atoms with Crippen LogP contribution in [0.3, 0.4) is 0 Å². The number of carbonyl (C=O) groups is 1. The Kier molecular flexibility index (Phi) is 3.61. The number of aromatic nitrogens is 2. The molecular weight excluding hydrogens is 286 g/mol. The molecule has 104 valence electrons. The van der Waals surface area contributed by atoms with Crippen molar-refractivity contribution in [3.05, 3.63) is 69.1 Å². The lowest BCUT2D eigenvalue weighted by molar-refractivity contribution is 0.103. The first-order valence-corrected chi connectivity index (χ1v) is 7.12. The standard InChI is InChI=1S/C15H11N3O2S/c19-14-8-7-12(17-18-14)10-4-1-2-5-11(10)16-15(20)13-6-3-9-21-13/h1-9H,(H,16,20)(H,18,19). The number of amides is 1. The Hall–Kier alpha value is -2.73. The van der Waals surface area contributed by atoms with Gasteiger partial charge in [-0.15, -0.1) is 11.3 Å². The number of aromatic amines is 1. The number of rotatable bonds is 3. The lowest BCUT2D eigenvalue weighted by Gasteiger charge is -2.09. The number of H-pyrrole nitrogens is 1. The fourth-order valence-electron chi connectivity index (χ4n) is 1.90. The molecule has 0 radical (unpaired) electrons. The molecule has 3 aromatic rings. The van der Waals surface area contributed by atoms with Crippen LogP contribution in [0.15, 0.2) is 58.7 Å². The maximum Gasteiger partial charge on any atom is 0.265 e. The van der Waals surface area contributed by atoms with Crippen molar-refractivity contribution in [2.45, 2.75) is 0 Å². The molecule has 0 bridgehead atoms. The van der Waals surface area contributed by atoms with Crippen LogP contribution in [0.25, 0.3) is 11.3 Å². The maximum atomic E-state index is 12.1. The number of hydrogen-bond donors (Lipinski definition) is 2. The van der Waals surface area contributed by atoms with Crippen LogP contribution in [-0.4, -0.2) is 16.1 Å². The highest BCUT2D eigenvalue weighted by Gasteiger charge is 2.11. The Morgan fingerprint density at radius 1 is 1.10 bits per heavy atom. The minimum atomic E-state index is -0.265. The molecule has 0 spiro atoms. The molecule has 0 aliphatic carbocycles. The Bertz CT molecular complexity index is 804. The minimum absolute atomic E-state index is 0.165. The number of nitrogens with zero attached hydrogens (tertiary/aromatic N) is 1. The van der Waals surface area contributed by atoms with E-state index in [1.807, 2.05) is 29.6 Å². The predicted octanol–water partition coefficient (Wildman–Crippen LogP) is 2.75. The van der Waals surface area contributed by atoms with Gasteiger partial charge in [-0.25, -0.2) is 5.10 Å². The average Bonchev–Trinajstić information content (AvgIpc) is 3.03. The highest BCUT2D eigenvalue weighted by Crippen LogP contribution is 2.26. The zero-order valence-corrected chi connectivity index (χ0v) is 11.7. The molecule has 2 heterocycles. The Balaban J connectivity index is 1.94. The number of carbonyl (C=O) groups excluding carboxylic acids is 1. The lowest BCUT2D eigenvalue weighted by atomic mass is 10.1. The van der Waals surface area contributed by atoms with Crippen LogP contribution < -0.4 is 10.9 Å². The topological polar surface area (TPSA) is 74.8 Å². The average molecular weight is 297 g/mol. The molecule has 6 heteroatoms. The fourth-order valence-corrected chi connectivity index (χ4v) is 2.52. The van der Waals surface area contributed by atoms with Crippen LogP contribution in [0.1, 0.15) is 9.67 Å². The second-order valence-corrected chi connectivity index (χ2v) is 5.23. The first kappa shape index (κ1) is 13.3. The molecule has 1 aromatic carbocycles. The molecule has 0 saturated carbocycles. The van der Waals surface area contributed by atoms with Crippen LogP contribution in [0.5, 0.6) is 0 Å². The summed E-state index contributed by atoms with van der Waals surface area (Å²) in [6, 6.07) is 13.9. The van der Waals surface area contributed by atoms with Gasteiger partial charge >= 0.3 is 0 Å². The van der Waals surface area contributed by atoms with Gasteiger partial charge in [-0.2, -0.15) is 5.10 Å². The molecule has 21 heavy (non-hydrogen) atoms. The second kappa shape index (κ2) is 5.72. The number of thiophene rings is 1. The van der Waals surface area contributed by atoms with E-state index in [9.17, 15) is 9.59 Å². The van der Waals surface area contributed by atoms with Gasteiger partial charge in [0, 0.05) is 11.6 Å². The summed E-state index contributed by atoms with van der Waals surface area (Å²) < 4.78 is 0. The number of hydrogen-bond acceptors (Lipinski definition) is 4. The molecule has 5 nitrogen and oxygen atoms in total. The molecule has 0 aliphatic heterocycles. The van der Waals surface area contributed by atoms with Crippen molar-refractivity contribution in [2.75, 3.05) is 5.32 Å². The summed E-state index contributed by atoms with van der Waals surface area (Å²) in [5.41, 5.74) is 1.73. The van der Waals surface area contributed by atoms with E-state index >= 15 is 0 Å². The quantitative estimate of drug-likeness (QED) is 0.780. The van der Waals surface area contributed by atoms with E-state index in [0.717, 1.165) is 5.56 Å². The van der Waals surface area contributed by atoms with Gasteiger partial charge < -0.3 is 5.32 Å². The normalized spacial score (nSPS) is 10.3. The van der Waals surface area contributed by atoms with Crippen molar-refractivity contribution in [2.24, 2.45) is 0 Å². The van der Waals surface area contributed by atoms with E-state index in [-0.39, 0.29) is 11.5 Å². The van der Waals surface area contributed by atoms with Crippen molar-refractivity contribution in [1.82, 2.24) is 10.2 Å². The van der Waals surface area contributed by atoms with Crippen LogP contribution >= 0.6 is 11.3 Å². The largest absolute Gasteiger partial charge is 0.321 e. The molecule has 3 rings (SSSR count). The first-order chi connectivity index (χ1) is 10.2.